The molecule has 2 aromatic carbocycles. The Morgan fingerprint density at radius 2 is 1.10 bits per heavy atom. The number of ether oxygens (including phenoxy) is 2. The number of rotatable bonds is 9. The molecule has 0 saturated carbocycles. The third-order valence-electron chi connectivity index (χ3n) is 4.51. The van der Waals surface area contributed by atoms with Gasteiger partial charge in [-0.15, -0.1) is 0 Å². The van der Waals surface area contributed by atoms with E-state index in [2.05, 4.69) is 35.9 Å². The summed E-state index contributed by atoms with van der Waals surface area (Å²) in [6.45, 7) is 5.58. The van der Waals surface area contributed by atoms with Gasteiger partial charge in [0.05, 0.1) is 34.0 Å². The molecule has 0 atom stereocenters. The lowest BCUT2D eigenvalue weighted by Crippen LogP contribution is -1.99. The normalized spacial score (nSPS) is 11.1. The van der Waals surface area contributed by atoms with E-state index in [1.165, 1.54) is 0 Å². The zero-order valence-electron chi connectivity index (χ0n) is 17.1. The van der Waals surface area contributed by atoms with E-state index in [1.54, 1.807) is 21.6 Å². The van der Waals surface area contributed by atoms with Crippen molar-refractivity contribution >= 4 is 43.4 Å². The fourth-order valence-electron chi connectivity index (χ4n) is 3.11. The van der Waals surface area contributed by atoms with E-state index in [0.29, 0.717) is 13.2 Å². The van der Waals surface area contributed by atoms with Gasteiger partial charge in [-0.2, -0.15) is 0 Å². The molecule has 30 heavy (non-hydrogen) atoms. The molecule has 0 radical (unpaired) electrons. The predicted octanol–water partition coefficient (Wildman–Crippen LogP) is 7.16. The number of benzene rings is 2. The van der Waals surface area contributed by atoms with Crippen molar-refractivity contribution in [3.63, 3.8) is 0 Å². The van der Waals surface area contributed by atoms with Crippen LogP contribution in [0.1, 0.15) is 26.7 Å². The van der Waals surface area contributed by atoms with Crippen LogP contribution in [0.25, 0.3) is 21.8 Å². The lowest BCUT2D eigenvalue weighted by molar-refractivity contribution is 0.313. The Morgan fingerprint density at radius 3 is 1.53 bits per heavy atom. The second-order valence-electron chi connectivity index (χ2n) is 6.80. The number of aromatic nitrogens is 2. The summed E-state index contributed by atoms with van der Waals surface area (Å²) < 4.78 is 12.3. The van der Waals surface area contributed by atoms with Crippen LogP contribution in [0, 0.1) is 0 Å². The Bertz CT molecular complexity index is 1060. The minimum absolute atomic E-state index is 0.675. The number of hydrogen-bond donors (Lipinski definition) is 0. The summed E-state index contributed by atoms with van der Waals surface area (Å²) in [5.74, 6) is 1.79. The monoisotopic (exact) mass is 436 g/mol. The molecule has 154 valence electrons. The molecule has 2 heterocycles. The Hall–Kier alpha value is -2.44. The molecular formula is C24H24N2O2S2. The van der Waals surface area contributed by atoms with Crippen molar-refractivity contribution in [2.24, 2.45) is 0 Å². The van der Waals surface area contributed by atoms with E-state index in [-0.39, 0.29) is 0 Å². The van der Waals surface area contributed by atoms with Crippen LogP contribution in [0.5, 0.6) is 11.5 Å². The smallest absolute Gasteiger partial charge is 0.144 e. The van der Waals surface area contributed by atoms with Crippen LogP contribution in [0.2, 0.25) is 0 Å². The van der Waals surface area contributed by atoms with Crippen molar-refractivity contribution in [3.05, 3.63) is 60.9 Å². The highest BCUT2D eigenvalue weighted by Crippen LogP contribution is 2.47. The molecule has 0 unspecified atom stereocenters. The van der Waals surface area contributed by atoms with Crippen molar-refractivity contribution in [1.29, 1.82) is 0 Å². The molecule has 0 spiro atoms. The first-order valence-electron chi connectivity index (χ1n) is 10.2. The molecule has 0 N–H and O–H groups in total. The summed E-state index contributed by atoms with van der Waals surface area (Å²) in [5, 5.41) is 2.08. The average Bonchev–Trinajstić information content (AvgIpc) is 2.80. The number of pyridine rings is 2. The molecular weight excluding hydrogens is 412 g/mol. The largest absolute Gasteiger partial charge is 0.492 e. The van der Waals surface area contributed by atoms with Crippen molar-refractivity contribution in [1.82, 2.24) is 9.97 Å². The van der Waals surface area contributed by atoms with Gasteiger partial charge in [-0.05, 0) is 58.7 Å². The first-order chi connectivity index (χ1) is 14.8. The lowest BCUT2D eigenvalue weighted by Gasteiger charge is -2.15. The van der Waals surface area contributed by atoms with Crippen molar-refractivity contribution < 1.29 is 9.47 Å². The van der Waals surface area contributed by atoms with Gasteiger partial charge in [-0.1, -0.05) is 38.1 Å². The first kappa shape index (κ1) is 20.8. The van der Waals surface area contributed by atoms with Crippen molar-refractivity contribution in [3.8, 4) is 11.5 Å². The van der Waals surface area contributed by atoms with E-state index in [1.807, 2.05) is 48.8 Å². The van der Waals surface area contributed by atoms with Crippen LogP contribution >= 0.6 is 21.6 Å². The van der Waals surface area contributed by atoms with E-state index in [4.69, 9.17) is 9.47 Å². The van der Waals surface area contributed by atoms with Gasteiger partial charge in [-0.25, -0.2) is 0 Å². The topological polar surface area (TPSA) is 44.2 Å². The van der Waals surface area contributed by atoms with Crippen LogP contribution in [-0.2, 0) is 0 Å². The van der Waals surface area contributed by atoms with Gasteiger partial charge >= 0.3 is 0 Å². The molecule has 0 fully saturated rings. The second kappa shape index (κ2) is 10.0. The minimum atomic E-state index is 0.675. The highest BCUT2D eigenvalue weighted by atomic mass is 33.1. The van der Waals surface area contributed by atoms with Gasteiger partial charge in [0.15, 0.2) is 0 Å². The molecule has 0 aliphatic heterocycles. The second-order valence-corrected chi connectivity index (χ2v) is 9.01. The third-order valence-corrected chi connectivity index (χ3v) is 6.86. The third kappa shape index (κ3) is 4.50. The van der Waals surface area contributed by atoms with Crippen molar-refractivity contribution in [2.75, 3.05) is 13.2 Å². The Morgan fingerprint density at radius 1 is 0.667 bits per heavy atom. The molecule has 6 heteroatoms. The van der Waals surface area contributed by atoms with Crippen LogP contribution in [0.15, 0.2) is 70.7 Å². The molecule has 0 amide bonds. The van der Waals surface area contributed by atoms with Gasteiger partial charge in [-0.3, -0.25) is 9.97 Å². The molecule has 4 nitrogen and oxygen atoms in total. The SMILES string of the molecule is CCCOc1c(SSc2cnc3ccccc3c2OCCC)cnc2ccccc12. The molecule has 0 saturated heterocycles. The summed E-state index contributed by atoms with van der Waals surface area (Å²) in [6, 6.07) is 16.2. The number of fused-ring (bicyclic) bond motifs is 2. The Balaban J connectivity index is 1.67. The van der Waals surface area contributed by atoms with E-state index >= 15 is 0 Å². The quantitative estimate of drug-likeness (QED) is 0.259. The maximum atomic E-state index is 6.13. The summed E-state index contributed by atoms with van der Waals surface area (Å²) >= 11 is 0. The fourth-order valence-corrected chi connectivity index (χ4v) is 5.22. The maximum Gasteiger partial charge on any atom is 0.144 e. The van der Waals surface area contributed by atoms with Gasteiger partial charge in [0.1, 0.15) is 11.5 Å². The summed E-state index contributed by atoms with van der Waals surface area (Å²) in [6.07, 6.45) is 5.70. The van der Waals surface area contributed by atoms with E-state index in [0.717, 1.165) is 55.9 Å². The molecule has 0 bridgehead atoms. The van der Waals surface area contributed by atoms with Crippen LogP contribution in [-0.4, -0.2) is 23.2 Å². The maximum absolute atomic E-state index is 6.13. The van der Waals surface area contributed by atoms with Gasteiger partial charge in [0, 0.05) is 23.2 Å². The predicted molar refractivity (Wildman–Crippen MR) is 127 cm³/mol. The zero-order valence-corrected chi connectivity index (χ0v) is 18.8. The van der Waals surface area contributed by atoms with Gasteiger partial charge < -0.3 is 9.47 Å². The van der Waals surface area contributed by atoms with E-state index in [9.17, 15) is 0 Å². The first-order valence-corrected chi connectivity index (χ1v) is 12.3. The number of para-hydroxylation sites is 2. The highest BCUT2D eigenvalue weighted by molar-refractivity contribution is 8.76. The molecule has 0 aliphatic rings. The van der Waals surface area contributed by atoms with Crippen LogP contribution in [0.3, 0.4) is 0 Å². The molecule has 2 aromatic heterocycles. The molecule has 4 aromatic rings. The summed E-state index contributed by atoms with van der Waals surface area (Å²) in [4.78, 5) is 11.2. The Kier molecular flexibility index (Phi) is 6.97. The van der Waals surface area contributed by atoms with E-state index < -0.39 is 0 Å². The van der Waals surface area contributed by atoms with Gasteiger partial charge in [0.2, 0.25) is 0 Å². The lowest BCUT2D eigenvalue weighted by atomic mass is 10.2. The Labute approximate surface area is 184 Å². The fraction of sp³-hybridized carbons (Fsp3) is 0.250. The number of hydrogen-bond acceptors (Lipinski definition) is 6. The van der Waals surface area contributed by atoms with Crippen LogP contribution in [0.4, 0.5) is 0 Å². The van der Waals surface area contributed by atoms with Gasteiger partial charge in [0.25, 0.3) is 0 Å². The zero-order chi connectivity index (χ0) is 20.8. The summed E-state index contributed by atoms with van der Waals surface area (Å²) in [7, 11) is 3.26. The van der Waals surface area contributed by atoms with Crippen LogP contribution < -0.4 is 9.47 Å². The summed E-state index contributed by atoms with van der Waals surface area (Å²) in [5.41, 5.74) is 1.88. The molecule has 4 rings (SSSR count). The number of nitrogens with zero attached hydrogens (tertiary/aromatic N) is 2. The average molecular weight is 437 g/mol. The van der Waals surface area contributed by atoms with Crippen molar-refractivity contribution in [2.45, 2.75) is 36.5 Å². The molecule has 0 aliphatic carbocycles. The standard InChI is InChI=1S/C24H24N2O2S2/c1-3-13-27-23-17-9-5-7-11-19(17)25-15-21(23)29-30-22-16-26-20-12-8-6-10-18(20)24(22)28-14-4-2/h5-12,15-16H,3-4,13-14H2,1-2H3. The minimum Gasteiger partial charge on any atom is -0.492 e. The highest BCUT2D eigenvalue weighted by Gasteiger charge is 2.15.